The van der Waals surface area contributed by atoms with Crippen LogP contribution in [0.5, 0.6) is 5.75 Å². The van der Waals surface area contributed by atoms with Gasteiger partial charge in [0.25, 0.3) is 5.91 Å². The maximum Gasteiger partial charge on any atom is 0.260 e. The molecule has 0 aromatic heterocycles. The molecular formula is C22H25ClN2O3. The maximum absolute atomic E-state index is 12.3. The monoisotopic (exact) mass is 400 g/mol. The Labute approximate surface area is 170 Å². The minimum atomic E-state index is -0.0173. The van der Waals surface area contributed by atoms with Crippen molar-refractivity contribution in [3.8, 4) is 5.75 Å². The maximum atomic E-state index is 12.3. The molecule has 0 aliphatic carbocycles. The third-order valence-corrected chi connectivity index (χ3v) is 5.12. The Hall–Kier alpha value is -2.53. The van der Waals surface area contributed by atoms with Crippen LogP contribution in [0, 0.1) is 0 Å². The van der Waals surface area contributed by atoms with Gasteiger partial charge in [-0.25, -0.2) is 0 Å². The summed E-state index contributed by atoms with van der Waals surface area (Å²) in [7, 11) is 0. The van der Waals surface area contributed by atoms with E-state index in [0.29, 0.717) is 36.7 Å². The predicted molar refractivity (Wildman–Crippen MR) is 109 cm³/mol. The molecule has 2 aromatic carbocycles. The fourth-order valence-electron chi connectivity index (χ4n) is 3.24. The average molecular weight is 401 g/mol. The fraction of sp³-hybridized carbons (Fsp3) is 0.364. The number of amides is 2. The second kappa shape index (κ2) is 10.1. The van der Waals surface area contributed by atoms with Gasteiger partial charge in [-0.3, -0.25) is 9.59 Å². The quantitative estimate of drug-likeness (QED) is 0.774. The third kappa shape index (κ3) is 6.27. The lowest BCUT2D eigenvalue weighted by atomic mass is 10.0. The molecule has 1 fully saturated rings. The highest BCUT2D eigenvalue weighted by molar-refractivity contribution is 6.30. The standard InChI is InChI=1S/C22H25ClN2O3/c23-18-9-6-17(7-10-18)8-11-21(26)24-19-12-14-25(15-13-19)22(27)16-28-20-4-2-1-3-5-20/h1-7,9-10,19H,8,11-16H2,(H,24,26). The highest BCUT2D eigenvalue weighted by Gasteiger charge is 2.24. The largest absolute Gasteiger partial charge is 0.484 e. The highest BCUT2D eigenvalue weighted by atomic mass is 35.5. The predicted octanol–water partition coefficient (Wildman–Crippen LogP) is 3.46. The van der Waals surface area contributed by atoms with Crippen molar-refractivity contribution in [3.63, 3.8) is 0 Å². The Balaban J connectivity index is 1.34. The summed E-state index contributed by atoms with van der Waals surface area (Å²) >= 11 is 5.87. The van der Waals surface area contributed by atoms with Gasteiger partial charge in [-0.2, -0.15) is 0 Å². The molecule has 1 N–H and O–H groups in total. The van der Waals surface area contributed by atoms with Gasteiger partial charge in [0.1, 0.15) is 5.75 Å². The topological polar surface area (TPSA) is 58.6 Å². The van der Waals surface area contributed by atoms with Gasteiger partial charge >= 0.3 is 0 Å². The summed E-state index contributed by atoms with van der Waals surface area (Å²) in [6.07, 6.45) is 2.68. The summed E-state index contributed by atoms with van der Waals surface area (Å²) in [5.74, 6) is 0.724. The molecule has 28 heavy (non-hydrogen) atoms. The average Bonchev–Trinajstić information content (AvgIpc) is 2.73. The van der Waals surface area contributed by atoms with Crippen LogP contribution in [0.1, 0.15) is 24.8 Å². The van der Waals surface area contributed by atoms with Crippen LogP contribution in [0.4, 0.5) is 0 Å². The summed E-state index contributed by atoms with van der Waals surface area (Å²) in [4.78, 5) is 26.3. The normalized spacial score (nSPS) is 14.5. The number of likely N-dealkylation sites (tertiary alicyclic amines) is 1. The fourth-order valence-corrected chi connectivity index (χ4v) is 3.36. The first-order chi connectivity index (χ1) is 13.6. The van der Waals surface area contributed by atoms with Gasteiger partial charge in [0, 0.05) is 30.6 Å². The van der Waals surface area contributed by atoms with Crippen molar-refractivity contribution in [2.24, 2.45) is 0 Å². The molecule has 0 saturated carbocycles. The molecule has 0 unspecified atom stereocenters. The van der Waals surface area contributed by atoms with Gasteiger partial charge in [-0.05, 0) is 49.1 Å². The van der Waals surface area contributed by atoms with E-state index in [1.54, 1.807) is 4.90 Å². The Kier molecular flexibility index (Phi) is 7.31. The summed E-state index contributed by atoms with van der Waals surface area (Å²) in [5, 5.41) is 3.78. The number of para-hydroxylation sites is 1. The van der Waals surface area contributed by atoms with Crippen molar-refractivity contribution in [2.45, 2.75) is 31.7 Å². The smallest absolute Gasteiger partial charge is 0.260 e. The molecule has 0 radical (unpaired) electrons. The molecule has 1 saturated heterocycles. The third-order valence-electron chi connectivity index (χ3n) is 4.87. The molecule has 0 spiro atoms. The zero-order valence-corrected chi connectivity index (χ0v) is 16.5. The molecular weight excluding hydrogens is 376 g/mol. The Morgan fingerprint density at radius 2 is 1.71 bits per heavy atom. The molecule has 1 aliphatic rings. The van der Waals surface area contributed by atoms with Gasteiger partial charge in [-0.15, -0.1) is 0 Å². The lowest BCUT2D eigenvalue weighted by Crippen LogP contribution is -2.47. The number of aryl methyl sites for hydroxylation is 1. The molecule has 1 aliphatic heterocycles. The summed E-state index contributed by atoms with van der Waals surface area (Å²) < 4.78 is 5.52. The second-order valence-corrected chi connectivity index (χ2v) is 7.39. The molecule has 0 atom stereocenters. The van der Waals surface area contributed by atoms with Crippen LogP contribution in [-0.2, 0) is 16.0 Å². The van der Waals surface area contributed by atoms with Crippen LogP contribution in [0.3, 0.4) is 0 Å². The van der Waals surface area contributed by atoms with Crippen molar-refractivity contribution in [2.75, 3.05) is 19.7 Å². The van der Waals surface area contributed by atoms with E-state index in [4.69, 9.17) is 16.3 Å². The van der Waals surface area contributed by atoms with Crippen LogP contribution in [0.25, 0.3) is 0 Å². The number of hydrogen-bond acceptors (Lipinski definition) is 3. The van der Waals surface area contributed by atoms with E-state index in [1.165, 1.54) is 0 Å². The Morgan fingerprint density at radius 1 is 1.04 bits per heavy atom. The van der Waals surface area contributed by atoms with Crippen molar-refractivity contribution in [1.29, 1.82) is 0 Å². The Bertz CT molecular complexity index is 772. The molecule has 5 nitrogen and oxygen atoms in total. The van der Waals surface area contributed by atoms with Gasteiger partial charge in [0.2, 0.25) is 5.91 Å². The van der Waals surface area contributed by atoms with Crippen LogP contribution in [-0.4, -0.2) is 42.5 Å². The van der Waals surface area contributed by atoms with Crippen LogP contribution in [0.2, 0.25) is 5.02 Å². The van der Waals surface area contributed by atoms with Crippen LogP contribution >= 0.6 is 11.6 Å². The number of piperidine rings is 1. The van der Waals surface area contributed by atoms with E-state index < -0.39 is 0 Å². The SMILES string of the molecule is O=C(CCc1ccc(Cl)cc1)NC1CCN(C(=O)COc2ccccc2)CC1. The first-order valence-electron chi connectivity index (χ1n) is 9.59. The number of carbonyl (C=O) groups excluding carboxylic acids is 2. The molecule has 0 bridgehead atoms. The van der Waals surface area contributed by atoms with E-state index >= 15 is 0 Å². The molecule has 6 heteroatoms. The molecule has 2 amide bonds. The number of rotatable bonds is 7. The van der Waals surface area contributed by atoms with Crippen molar-refractivity contribution >= 4 is 23.4 Å². The lowest BCUT2D eigenvalue weighted by molar-refractivity contribution is -0.134. The Morgan fingerprint density at radius 3 is 2.39 bits per heavy atom. The van der Waals surface area contributed by atoms with Gasteiger partial charge in [0.15, 0.2) is 6.61 Å². The zero-order valence-electron chi connectivity index (χ0n) is 15.8. The van der Waals surface area contributed by atoms with Crippen LogP contribution in [0.15, 0.2) is 54.6 Å². The van der Waals surface area contributed by atoms with Crippen LogP contribution < -0.4 is 10.1 Å². The number of hydrogen-bond donors (Lipinski definition) is 1. The minimum Gasteiger partial charge on any atom is -0.484 e. The van der Waals surface area contributed by atoms with Crippen molar-refractivity contribution in [1.82, 2.24) is 10.2 Å². The number of benzene rings is 2. The summed E-state index contributed by atoms with van der Waals surface area (Å²) in [5.41, 5.74) is 1.10. The van der Waals surface area contributed by atoms with E-state index in [9.17, 15) is 9.59 Å². The molecule has 3 rings (SSSR count). The molecule has 2 aromatic rings. The minimum absolute atomic E-state index is 0.0173. The summed E-state index contributed by atoms with van der Waals surface area (Å²) in [6.45, 7) is 1.32. The number of ether oxygens (including phenoxy) is 1. The lowest BCUT2D eigenvalue weighted by Gasteiger charge is -2.32. The van der Waals surface area contributed by atoms with E-state index in [2.05, 4.69) is 5.32 Å². The van der Waals surface area contributed by atoms with Crippen molar-refractivity contribution in [3.05, 3.63) is 65.2 Å². The van der Waals surface area contributed by atoms with Crippen molar-refractivity contribution < 1.29 is 14.3 Å². The zero-order chi connectivity index (χ0) is 19.8. The van der Waals surface area contributed by atoms with E-state index in [1.807, 2.05) is 54.6 Å². The molecule has 148 valence electrons. The first kappa shape index (κ1) is 20.2. The van der Waals surface area contributed by atoms with Gasteiger partial charge < -0.3 is 15.0 Å². The highest BCUT2D eigenvalue weighted by Crippen LogP contribution is 2.14. The number of carbonyl (C=O) groups is 2. The van der Waals surface area contributed by atoms with E-state index in [-0.39, 0.29) is 24.5 Å². The van der Waals surface area contributed by atoms with Gasteiger partial charge in [0.05, 0.1) is 0 Å². The summed E-state index contributed by atoms with van der Waals surface area (Å²) in [6, 6.07) is 17.0. The number of nitrogens with one attached hydrogen (secondary N) is 1. The second-order valence-electron chi connectivity index (χ2n) is 6.95. The van der Waals surface area contributed by atoms with E-state index in [0.717, 1.165) is 18.4 Å². The number of halogens is 1. The first-order valence-corrected chi connectivity index (χ1v) is 9.97. The van der Waals surface area contributed by atoms with Gasteiger partial charge in [-0.1, -0.05) is 41.9 Å². The number of nitrogens with zero attached hydrogens (tertiary/aromatic N) is 1. The molecule has 1 heterocycles.